The monoisotopic (exact) mass is 234 g/mol. The molecule has 0 aromatic heterocycles. The normalized spacial score (nSPS) is 14.7. The lowest BCUT2D eigenvalue weighted by Gasteiger charge is -2.27. The van der Waals surface area contributed by atoms with Crippen molar-refractivity contribution in [2.45, 2.75) is 0 Å². The number of carbonyl (C=O) groups excluding carboxylic acids is 3. The topological polar surface area (TPSA) is 95.7 Å². The molecule has 2 rings (SSSR count). The Bertz CT molecular complexity index is 474. The molecule has 0 saturated carbocycles. The SMILES string of the molecule is NC(=O)N(c1ccccc1)N1CC(=O)NC1=O. The quantitative estimate of drug-likeness (QED) is 0.707. The molecule has 1 aromatic carbocycles. The molecule has 1 aliphatic rings. The molecule has 0 atom stereocenters. The number of nitrogens with two attached hydrogens (primary N) is 1. The van der Waals surface area contributed by atoms with Crippen LogP contribution in [0, 0.1) is 0 Å². The number of hydrogen-bond acceptors (Lipinski definition) is 3. The summed E-state index contributed by atoms with van der Waals surface area (Å²) in [4.78, 5) is 33.9. The Hall–Kier alpha value is -2.57. The van der Waals surface area contributed by atoms with E-state index in [9.17, 15) is 14.4 Å². The zero-order chi connectivity index (χ0) is 12.4. The summed E-state index contributed by atoms with van der Waals surface area (Å²) in [5.74, 6) is -0.475. The number of para-hydroxylation sites is 1. The van der Waals surface area contributed by atoms with Gasteiger partial charge in [-0.15, -0.1) is 0 Å². The summed E-state index contributed by atoms with van der Waals surface area (Å²) < 4.78 is 0. The van der Waals surface area contributed by atoms with Gasteiger partial charge in [-0.1, -0.05) is 18.2 Å². The summed E-state index contributed by atoms with van der Waals surface area (Å²) in [6, 6.07) is 6.88. The maximum absolute atomic E-state index is 11.4. The third-order valence-corrected chi connectivity index (χ3v) is 2.23. The predicted molar refractivity (Wildman–Crippen MR) is 58.7 cm³/mol. The number of benzene rings is 1. The number of anilines is 1. The van der Waals surface area contributed by atoms with Crippen molar-refractivity contribution in [1.82, 2.24) is 10.3 Å². The molecule has 0 unspecified atom stereocenters. The Kier molecular flexibility index (Phi) is 2.65. The van der Waals surface area contributed by atoms with Crippen LogP contribution < -0.4 is 16.1 Å². The molecule has 0 aliphatic carbocycles. The maximum Gasteiger partial charge on any atom is 0.343 e. The van der Waals surface area contributed by atoms with Gasteiger partial charge in [0.15, 0.2) is 0 Å². The second-order valence-electron chi connectivity index (χ2n) is 3.40. The van der Waals surface area contributed by atoms with E-state index in [-0.39, 0.29) is 6.54 Å². The lowest BCUT2D eigenvalue weighted by atomic mass is 10.3. The molecular formula is C10H10N4O3. The highest BCUT2D eigenvalue weighted by molar-refractivity contribution is 6.05. The fourth-order valence-corrected chi connectivity index (χ4v) is 1.55. The van der Waals surface area contributed by atoms with E-state index in [0.717, 1.165) is 10.0 Å². The van der Waals surface area contributed by atoms with Crippen LogP contribution in [-0.4, -0.2) is 29.5 Å². The summed E-state index contributed by atoms with van der Waals surface area (Å²) >= 11 is 0. The zero-order valence-corrected chi connectivity index (χ0v) is 8.79. The number of nitrogens with zero attached hydrogens (tertiary/aromatic N) is 2. The highest BCUT2D eigenvalue weighted by atomic mass is 16.2. The summed E-state index contributed by atoms with van der Waals surface area (Å²) in [6.07, 6.45) is 0. The van der Waals surface area contributed by atoms with Crippen LogP contribution in [0.25, 0.3) is 0 Å². The van der Waals surface area contributed by atoms with Crippen LogP contribution in [0.2, 0.25) is 0 Å². The highest BCUT2D eigenvalue weighted by Crippen LogP contribution is 2.17. The molecule has 0 spiro atoms. The number of amides is 5. The first-order chi connectivity index (χ1) is 8.09. The molecular weight excluding hydrogens is 224 g/mol. The van der Waals surface area contributed by atoms with Crippen molar-refractivity contribution >= 4 is 23.7 Å². The van der Waals surface area contributed by atoms with E-state index < -0.39 is 18.0 Å². The van der Waals surface area contributed by atoms with E-state index in [1.165, 1.54) is 0 Å². The molecule has 0 radical (unpaired) electrons. The zero-order valence-electron chi connectivity index (χ0n) is 8.79. The van der Waals surface area contributed by atoms with Gasteiger partial charge < -0.3 is 5.73 Å². The smallest absolute Gasteiger partial charge is 0.343 e. The van der Waals surface area contributed by atoms with E-state index in [0.29, 0.717) is 5.69 Å². The van der Waals surface area contributed by atoms with Gasteiger partial charge in [0.2, 0.25) is 5.91 Å². The average molecular weight is 234 g/mol. The first kappa shape index (κ1) is 10.9. The first-order valence-electron chi connectivity index (χ1n) is 4.85. The van der Waals surface area contributed by atoms with Gasteiger partial charge in [0.25, 0.3) is 0 Å². The van der Waals surface area contributed by atoms with Crippen molar-refractivity contribution in [2.75, 3.05) is 11.6 Å². The second kappa shape index (κ2) is 4.12. The van der Waals surface area contributed by atoms with Gasteiger partial charge in [-0.05, 0) is 12.1 Å². The fraction of sp³-hybridized carbons (Fsp3) is 0.100. The van der Waals surface area contributed by atoms with Crippen molar-refractivity contribution in [3.63, 3.8) is 0 Å². The number of primary amides is 1. The Morgan fingerprint density at radius 3 is 2.41 bits per heavy atom. The number of urea groups is 2. The van der Waals surface area contributed by atoms with Crippen LogP contribution in [0.1, 0.15) is 0 Å². The van der Waals surface area contributed by atoms with E-state index in [1.54, 1.807) is 30.3 Å². The van der Waals surface area contributed by atoms with Gasteiger partial charge >= 0.3 is 12.1 Å². The van der Waals surface area contributed by atoms with Crippen molar-refractivity contribution in [2.24, 2.45) is 5.73 Å². The number of hydrogen-bond donors (Lipinski definition) is 2. The maximum atomic E-state index is 11.4. The minimum Gasteiger partial charge on any atom is -0.350 e. The molecule has 1 heterocycles. The van der Waals surface area contributed by atoms with Crippen molar-refractivity contribution in [3.8, 4) is 0 Å². The number of imide groups is 1. The molecule has 7 nitrogen and oxygen atoms in total. The van der Waals surface area contributed by atoms with Gasteiger partial charge in [-0.25, -0.2) is 14.6 Å². The number of rotatable bonds is 2. The van der Waals surface area contributed by atoms with Gasteiger partial charge in [-0.2, -0.15) is 5.01 Å². The van der Waals surface area contributed by atoms with E-state index in [4.69, 9.17) is 5.73 Å². The van der Waals surface area contributed by atoms with E-state index in [2.05, 4.69) is 5.32 Å². The lowest BCUT2D eigenvalue weighted by molar-refractivity contribution is -0.118. The summed E-state index contributed by atoms with van der Waals surface area (Å²) in [5.41, 5.74) is 5.63. The minimum atomic E-state index is -0.832. The molecule has 88 valence electrons. The summed E-state index contributed by atoms with van der Waals surface area (Å²) in [6.45, 7) is -0.226. The van der Waals surface area contributed by atoms with Crippen LogP contribution in [0.3, 0.4) is 0 Å². The van der Waals surface area contributed by atoms with Gasteiger partial charge in [0, 0.05) is 0 Å². The van der Waals surface area contributed by atoms with Crippen molar-refractivity contribution < 1.29 is 14.4 Å². The van der Waals surface area contributed by atoms with Crippen LogP contribution in [0.15, 0.2) is 30.3 Å². The molecule has 5 amide bonds. The van der Waals surface area contributed by atoms with Crippen LogP contribution in [0.5, 0.6) is 0 Å². The molecule has 0 bridgehead atoms. The lowest BCUT2D eigenvalue weighted by Crippen LogP contribution is -2.50. The number of carbonyl (C=O) groups is 3. The highest BCUT2D eigenvalue weighted by Gasteiger charge is 2.34. The fourth-order valence-electron chi connectivity index (χ4n) is 1.55. The number of nitrogens with one attached hydrogen (secondary N) is 1. The minimum absolute atomic E-state index is 0.226. The molecule has 3 N–H and O–H groups in total. The van der Waals surface area contributed by atoms with Crippen molar-refractivity contribution in [1.29, 1.82) is 0 Å². The third-order valence-electron chi connectivity index (χ3n) is 2.23. The standard InChI is InChI=1S/C10H10N4O3/c11-9(16)14(7-4-2-1-3-5-7)13-6-8(15)12-10(13)17/h1-5H,6H2,(H2,11,16)(H,12,15,17). The average Bonchev–Trinajstić information content (AvgIpc) is 2.59. The first-order valence-corrected chi connectivity index (χ1v) is 4.85. The summed E-state index contributed by atoms with van der Waals surface area (Å²) in [7, 11) is 0. The molecule has 1 aromatic rings. The van der Waals surface area contributed by atoms with Gasteiger partial charge in [0.1, 0.15) is 6.54 Å². The Morgan fingerprint density at radius 2 is 1.94 bits per heavy atom. The number of hydrazine groups is 1. The molecule has 17 heavy (non-hydrogen) atoms. The Balaban J connectivity index is 2.34. The largest absolute Gasteiger partial charge is 0.350 e. The third kappa shape index (κ3) is 2.03. The van der Waals surface area contributed by atoms with Gasteiger partial charge in [-0.3, -0.25) is 10.1 Å². The van der Waals surface area contributed by atoms with E-state index >= 15 is 0 Å². The second-order valence-corrected chi connectivity index (χ2v) is 3.40. The Morgan fingerprint density at radius 1 is 1.29 bits per heavy atom. The van der Waals surface area contributed by atoms with Gasteiger partial charge in [0.05, 0.1) is 5.69 Å². The molecule has 1 aliphatic heterocycles. The molecule has 1 fully saturated rings. The van der Waals surface area contributed by atoms with Crippen LogP contribution >= 0.6 is 0 Å². The van der Waals surface area contributed by atoms with Crippen molar-refractivity contribution in [3.05, 3.63) is 30.3 Å². The van der Waals surface area contributed by atoms with Crippen LogP contribution in [-0.2, 0) is 4.79 Å². The summed E-state index contributed by atoms with van der Waals surface area (Å²) in [5, 5.41) is 3.99. The predicted octanol–water partition coefficient (Wildman–Crippen LogP) is 0.0385. The molecule has 1 saturated heterocycles. The Labute approximate surface area is 96.7 Å². The van der Waals surface area contributed by atoms with Crippen LogP contribution in [0.4, 0.5) is 15.3 Å². The van der Waals surface area contributed by atoms with E-state index in [1.807, 2.05) is 0 Å². The molecule has 7 heteroatoms.